The molecule has 1 heterocycles. The molecule has 0 bridgehead atoms. The topological polar surface area (TPSA) is 55.8 Å². The number of allylic oxidation sites excluding steroid dienone is 1. The predicted octanol–water partition coefficient (Wildman–Crippen LogP) is 1.50. The zero-order valence-electron chi connectivity index (χ0n) is 7.03. The SMILES string of the molecule is O=C(O)C(Br)=CCCC1OCCO1. The quantitative estimate of drug-likeness (QED) is 0.769. The molecule has 0 aromatic heterocycles. The van der Waals surface area contributed by atoms with Crippen LogP contribution in [0.15, 0.2) is 10.6 Å². The molecule has 5 heteroatoms. The minimum Gasteiger partial charge on any atom is -0.477 e. The van der Waals surface area contributed by atoms with Gasteiger partial charge in [-0.25, -0.2) is 4.79 Å². The van der Waals surface area contributed by atoms with Gasteiger partial charge in [0.05, 0.1) is 17.7 Å². The smallest absolute Gasteiger partial charge is 0.342 e. The summed E-state index contributed by atoms with van der Waals surface area (Å²) < 4.78 is 10.5. The molecule has 0 aromatic carbocycles. The van der Waals surface area contributed by atoms with Crippen LogP contribution >= 0.6 is 15.9 Å². The molecule has 1 rings (SSSR count). The van der Waals surface area contributed by atoms with Gasteiger partial charge in [0.1, 0.15) is 0 Å². The van der Waals surface area contributed by atoms with Gasteiger partial charge in [-0.3, -0.25) is 0 Å². The van der Waals surface area contributed by atoms with Gasteiger partial charge >= 0.3 is 5.97 Å². The van der Waals surface area contributed by atoms with E-state index in [-0.39, 0.29) is 10.8 Å². The minimum absolute atomic E-state index is 0.162. The number of hydrogen-bond acceptors (Lipinski definition) is 3. The fraction of sp³-hybridized carbons (Fsp3) is 0.625. The molecule has 1 fully saturated rings. The second-order valence-electron chi connectivity index (χ2n) is 2.61. The fourth-order valence-electron chi connectivity index (χ4n) is 1.01. The Morgan fingerprint density at radius 3 is 2.69 bits per heavy atom. The normalized spacial score (nSPS) is 19.3. The average molecular weight is 251 g/mol. The van der Waals surface area contributed by atoms with Gasteiger partial charge in [0.2, 0.25) is 0 Å². The number of hydrogen-bond donors (Lipinski definition) is 1. The van der Waals surface area contributed by atoms with Crippen molar-refractivity contribution in [1.29, 1.82) is 0 Å². The highest BCUT2D eigenvalue weighted by atomic mass is 79.9. The number of aliphatic carboxylic acids is 1. The van der Waals surface area contributed by atoms with Crippen LogP contribution in [-0.2, 0) is 14.3 Å². The lowest BCUT2D eigenvalue weighted by Crippen LogP contribution is -2.06. The molecule has 1 aliphatic heterocycles. The summed E-state index contributed by atoms with van der Waals surface area (Å²) in [6.45, 7) is 1.27. The van der Waals surface area contributed by atoms with Crippen LogP contribution in [0.2, 0.25) is 0 Å². The second kappa shape index (κ2) is 5.36. The van der Waals surface area contributed by atoms with Crippen molar-refractivity contribution in [3.05, 3.63) is 10.6 Å². The van der Waals surface area contributed by atoms with Crippen molar-refractivity contribution in [2.24, 2.45) is 0 Å². The third-order valence-corrected chi connectivity index (χ3v) is 2.28. The van der Waals surface area contributed by atoms with Crippen molar-refractivity contribution in [2.45, 2.75) is 19.1 Å². The van der Waals surface area contributed by atoms with Crippen LogP contribution < -0.4 is 0 Å². The van der Waals surface area contributed by atoms with Gasteiger partial charge in [-0.15, -0.1) is 0 Å². The van der Waals surface area contributed by atoms with Crippen molar-refractivity contribution in [3.8, 4) is 0 Å². The predicted molar refractivity (Wildman–Crippen MR) is 49.6 cm³/mol. The van der Waals surface area contributed by atoms with E-state index in [1.807, 2.05) is 0 Å². The molecule has 13 heavy (non-hydrogen) atoms. The first-order valence-electron chi connectivity index (χ1n) is 4.02. The summed E-state index contributed by atoms with van der Waals surface area (Å²) in [5.74, 6) is -0.951. The Morgan fingerprint density at radius 1 is 1.54 bits per heavy atom. The Bertz CT molecular complexity index is 208. The summed E-state index contributed by atoms with van der Waals surface area (Å²) in [5.41, 5.74) is 0. The standard InChI is InChI=1S/C8H11BrO4/c9-6(8(10)11)2-1-3-7-12-4-5-13-7/h2,7H,1,3-5H2,(H,10,11). The number of ether oxygens (including phenoxy) is 2. The highest BCUT2D eigenvalue weighted by Gasteiger charge is 2.14. The molecule has 74 valence electrons. The molecule has 0 atom stereocenters. The first-order valence-corrected chi connectivity index (χ1v) is 4.81. The van der Waals surface area contributed by atoms with Gasteiger partial charge in [0.15, 0.2) is 6.29 Å². The van der Waals surface area contributed by atoms with E-state index in [1.54, 1.807) is 6.08 Å². The van der Waals surface area contributed by atoms with E-state index in [0.29, 0.717) is 26.1 Å². The molecule has 1 N–H and O–H groups in total. The Hall–Kier alpha value is -0.390. The van der Waals surface area contributed by atoms with Gasteiger partial charge in [0, 0.05) is 6.42 Å². The molecule has 0 saturated carbocycles. The van der Waals surface area contributed by atoms with Crippen LogP contribution in [-0.4, -0.2) is 30.6 Å². The minimum atomic E-state index is -0.951. The fourth-order valence-corrected chi connectivity index (χ4v) is 1.24. The first kappa shape index (κ1) is 10.7. The number of carboxylic acids is 1. The number of carbonyl (C=O) groups is 1. The Balaban J connectivity index is 2.18. The Labute approximate surface area is 84.6 Å². The molecule has 1 aliphatic rings. The molecule has 0 amide bonds. The van der Waals surface area contributed by atoms with E-state index < -0.39 is 5.97 Å². The molecular weight excluding hydrogens is 240 g/mol. The summed E-state index contributed by atoms with van der Waals surface area (Å²) in [4.78, 5) is 10.3. The van der Waals surface area contributed by atoms with Gasteiger partial charge in [-0.1, -0.05) is 6.08 Å². The maximum atomic E-state index is 10.3. The largest absolute Gasteiger partial charge is 0.477 e. The average Bonchev–Trinajstić information content (AvgIpc) is 2.56. The van der Waals surface area contributed by atoms with Crippen LogP contribution in [0, 0.1) is 0 Å². The highest BCUT2D eigenvalue weighted by molar-refractivity contribution is 9.12. The molecule has 0 unspecified atom stereocenters. The third-order valence-electron chi connectivity index (χ3n) is 1.62. The van der Waals surface area contributed by atoms with E-state index in [0.717, 1.165) is 0 Å². The van der Waals surface area contributed by atoms with Crippen LogP contribution in [0.5, 0.6) is 0 Å². The van der Waals surface area contributed by atoms with E-state index in [9.17, 15) is 4.79 Å². The van der Waals surface area contributed by atoms with E-state index in [4.69, 9.17) is 14.6 Å². The van der Waals surface area contributed by atoms with Crippen LogP contribution in [0.3, 0.4) is 0 Å². The van der Waals surface area contributed by atoms with E-state index in [1.165, 1.54) is 0 Å². The Morgan fingerprint density at radius 2 is 2.15 bits per heavy atom. The van der Waals surface area contributed by atoms with Gasteiger partial charge < -0.3 is 14.6 Å². The van der Waals surface area contributed by atoms with Crippen molar-refractivity contribution >= 4 is 21.9 Å². The maximum absolute atomic E-state index is 10.3. The van der Waals surface area contributed by atoms with Crippen LogP contribution in [0.25, 0.3) is 0 Å². The molecule has 0 radical (unpaired) electrons. The summed E-state index contributed by atoms with van der Waals surface area (Å²) in [5, 5.41) is 8.50. The zero-order valence-corrected chi connectivity index (χ0v) is 8.62. The molecule has 0 aromatic rings. The number of rotatable bonds is 4. The summed E-state index contributed by atoms with van der Waals surface area (Å²) >= 11 is 2.93. The molecule has 4 nitrogen and oxygen atoms in total. The zero-order chi connectivity index (χ0) is 9.68. The lowest BCUT2D eigenvalue weighted by atomic mass is 10.3. The number of carboxylic acid groups (broad SMARTS) is 1. The van der Waals surface area contributed by atoms with Crippen molar-refractivity contribution in [3.63, 3.8) is 0 Å². The second-order valence-corrected chi connectivity index (χ2v) is 3.46. The van der Waals surface area contributed by atoms with Crippen molar-refractivity contribution in [2.75, 3.05) is 13.2 Å². The lowest BCUT2D eigenvalue weighted by Gasteiger charge is -2.05. The maximum Gasteiger partial charge on any atom is 0.342 e. The molecule has 0 spiro atoms. The third kappa shape index (κ3) is 3.89. The van der Waals surface area contributed by atoms with E-state index in [2.05, 4.69) is 15.9 Å². The first-order chi connectivity index (χ1) is 6.20. The number of halogens is 1. The van der Waals surface area contributed by atoms with E-state index >= 15 is 0 Å². The van der Waals surface area contributed by atoms with Gasteiger partial charge in [-0.2, -0.15) is 0 Å². The van der Waals surface area contributed by atoms with Crippen molar-refractivity contribution < 1.29 is 19.4 Å². The lowest BCUT2D eigenvalue weighted by molar-refractivity contribution is -0.131. The highest BCUT2D eigenvalue weighted by Crippen LogP contribution is 2.13. The van der Waals surface area contributed by atoms with Gasteiger partial charge in [0.25, 0.3) is 0 Å². The molecule has 0 aliphatic carbocycles. The van der Waals surface area contributed by atoms with Crippen LogP contribution in [0.1, 0.15) is 12.8 Å². The summed E-state index contributed by atoms with van der Waals surface area (Å²) in [6.07, 6.45) is 2.78. The van der Waals surface area contributed by atoms with Crippen LogP contribution in [0.4, 0.5) is 0 Å². The summed E-state index contributed by atoms with van der Waals surface area (Å²) in [7, 11) is 0. The van der Waals surface area contributed by atoms with Crippen molar-refractivity contribution in [1.82, 2.24) is 0 Å². The van der Waals surface area contributed by atoms with Gasteiger partial charge in [-0.05, 0) is 22.4 Å². The Kier molecular flexibility index (Phi) is 4.41. The molecule has 1 saturated heterocycles. The molecular formula is C8H11BrO4. The summed E-state index contributed by atoms with van der Waals surface area (Å²) in [6, 6.07) is 0. The monoisotopic (exact) mass is 250 g/mol.